The summed E-state index contributed by atoms with van der Waals surface area (Å²) in [6, 6.07) is 0. The lowest BCUT2D eigenvalue weighted by Crippen LogP contribution is -2.24. The van der Waals surface area contributed by atoms with Crippen LogP contribution in [-0.2, 0) is 9.57 Å². The molecule has 1 aliphatic rings. The molecular weight excluding hydrogens is 126 g/mol. The van der Waals surface area contributed by atoms with Crippen LogP contribution in [0.15, 0.2) is 5.34 Å². The van der Waals surface area contributed by atoms with Crippen molar-refractivity contribution in [2.45, 2.75) is 12.2 Å². The number of ether oxygens (including phenoxy) is 1. The summed E-state index contributed by atoms with van der Waals surface area (Å²) in [5.41, 5.74) is 0. The highest BCUT2D eigenvalue weighted by Crippen LogP contribution is 2.08. The predicted octanol–water partition coefficient (Wildman–Crippen LogP) is -0.556. The molecule has 1 aliphatic heterocycles. The monoisotopic (exact) mass is 133 g/mol. The van der Waals surface area contributed by atoms with Gasteiger partial charge in [0.2, 0.25) is 0 Å². The molecule has 0 spiro atoms. The van der Waals surface area contributed by atoms with Crippen molar-refractivity contribution in [2.75, 3.05) is 13.2 Å². The second-order valence-corrected chi connectivity index (χ2v) is 1.82. The Balaban J connectivity index is 2.30. The van der Waals surface area contributed by atoms with E-state index in [0.717, 1.165) is 0 Å². The summed E-state index contributed by atoms with van der Waals surface area (Å²) in [5, 5.41) is 11.0. The highest BCUT2D eigenvalue weighted by atomic mass is 16.7. The minimum atomic E-state index is -0.706. The van der Waals surface area contributed by atoms with Gasteiger partial charge in [0.25, 0.3) is 0 Å². The normalized spacial score (nSPS) is 34.3. The molecule has 52 valence electrons. The fraction of sp³-hybridized carbons (Fsp3) is 1.00. The van der Waals surface area contributed by atoms with Crippen molar-refractivity contribution in [1.29, 1.82) is 0 Å². The number of aliphatic hydroxyl groups excluding tert-OH is 1. The van der Waals surface area contributed by atoms with Crippen LogP contribution in [-0.4, -0.2) is 30.5 Å². The largest absolute Gasteiger partial charge is 0.387 e. The van der Waals surface area contributed by atoms with E-state index in [1.807, 2.05) is 0 Å². The molecule has 1 fully saturated rings. The summed E-state index contributed by atoms with van der Waals surface area (Å²) in [7, 11) is 0. The molecule has 0 aromatic rings. The maximum atomic E-state index is 9.47. The molecule has 0 saturated carbocycles. The first kappa shape index (κ1) is 6.44. The van der Waals surface area contributed by atoms with Crippen LogP contribution in [0.1, 0.15) is 0 Å². The highest BCUT2D eigenvalue weighted by molar-refractivity contribution is 4.73. The van der Waals surface area contributed by atoms with Gasteiger partial charge in [0, 0.05) is 0 Å². The van der Waals surface area contributed by atoms with Crippen LogP contribution in [0.4, 0.5) is 0 Å². The molecular formula is C4H7NO4. The molecule has 2 unspecified atom stereocenters. The smallest absolute Gasteiger partial charge is 0.181 e. The Morgan fingerprint density at radius 3 is 2.89 bits per heavy atom. The van der Waals surface area contributed by atoms with Gasteiger partial charge in [-0.1, -0.05) is 0 Å². The average Bonchev–Trinajstić information content (AvgIpc) is 2.18. The van der Waals surface area contributed by atoms with E-state index in [-0.39, 0.29) is 13.2 Å². The SMILES string of the molecule is O=NOC1COCC1O. The summed E-state index contributed by atoms with van der Waals surface area (Å²) in [6.07, 6.45) is -1.27. The predicted molar refractivity (Wildman–Crippen MR) is 27.5 cm³/mol. The lowest BCUT2D eigenvalue weighted by molar-refractivity contribution is -0.00914. The number of rotatable bonds is 2. The Labute approximate surface area is 51.5 Å². The first-order chi connectivity index (χ1) is 4.34. The van der Waals surface area contributed by atoms with E-state index < -0.39 is 12.2 Å². The molecule has 2 atom stereocenters. The van der Waals surface area contributed by atoms with E-state index in [1.165, 1.54) is 0 Å². The van der Waals surface area contributed by atoms with Crippen LogP contribution in [0.3, 0.4) is 0 Å². The van der Waals surface area contributed by atoms with Gasteiger partial charge >= 0.3 is 0 Å². The number of hydrogen-bond donors (Lipinski definition) is 1. The van der Waals surface area contributed by atoms with Gasteiger partial charge in [0.1, 0.15) is 6.10 Å². The number of aliphatic hydroxyl groups is 1. The lowest BCUT2D eigenvalue weighted by atomic mass is 10.3. The third kappa shape index (κ3) is 1.36. The molecule has 1 rings (SSSR count). The summed E-state index contributed by atoms with van der Waals surface area (Å²) >= 11 is 0. The quantitative estimate of drug-likeness (QED) is 0.405. The Hall–Kier alpha value is -0.680. The van der Waals surface area contributed by atoms with Crippen LogP contribution < -0.4 is 0 Å². The topological polar surface area (TPSA) is 68.1 Å². The Morgan fingerprint density at radius 1 is 1.67 bits per heavy atom. The second kappa shape index (κ2) is 2.75. The van der Waals surface area contributed by atoms with Crippen molar-refractivity contribution in [2.24, 2.45) is 5.34 Å². The van der Waals surface area contributed by atoms with Gasteiger partial charge in [-0.3, -0.25) is 0 Å². The molecule has 1 saturated heterocycles. The van der Waals surface area contributed by atoms with Crippen LogP contribution in [0.2, 0.25) is 0 Å². The van der Waals surface area contributed by atoms with Gasteiger partial charge in [0.15, 0.2) is 11.4 Å². The van der Waals surface area contributed by atoms with Crippen LogP contribution in [0, 0.1) is 4.91 Å². The van der Waals surface area contributed by atoms with Crippen molar-refractivity contribution < 1.29 is 14.7 Å². The van der Waals surface area contributed by atoms with E-state index in [9.17, 15) is 4.91 Å². The van der Waals surface area contributed by atoms with Gasteiger partial charge in [-0.25, -0.2) is 0 Å². The van der Waals surface area contributed by atoms with Gasteiger partial charge < -0.3 is 14.7 Å². The minimum absolute atomic E-state index is 0.222. The molecule has 0 bridgehead atoms. The summed E-state index contributed by atoms with van der Waals surface area (Å²) in [6.45, 7) is 0.465. The molecule has 0 aliphatic carbocycles. The van der Waals surface area contributed by atoms with Gasteiger partial charge in [-0.2, -0.15) is 0 Å². The van der Waals surface area contributed by atoms with Crippen molar-refractivity contribution in [3.05, 3.63) is 4.91 Å². The van der Waals surface area contributed by atoms with Crippen LogP contribution in [0.25, 0.3) is 0 Å². The molecule has 0 amide bonds. The van der Waals surface area contributed by atoms with Crippen LogP contribution in [0.5, 0.6) is 0 Å². The lowest BCUT2D eigenvalue weighted by Gasteiger charge is -2.05. The zero-order valence-corrected chi connectivity index (χ0v) is 4.69. The van der Waals surface area contributed by atoms with Crippen molar-refractivity contribution >= 4 is 0 Å². The summed E-state index contributed by atoms with van der Waals surface area (Å²) in [5.74, 6) is 0. The molecule has 0 radical (unpaired) electrons. The zero-order chi connectivity index (χ0) is 6.69. The van der Waals surface area contributed by atoms with E-state index in [4.69, 9.17) is 9.84 Å². The molecule has 0 aromatic heterocycles. The second-order valence-electron chi connectivity index (χ2n) is 1.82. The molecule has 5 nitrogen and oxygen atoms in total. The molecule has 0 aromatic carbocycles. The third-order valence-electron chi connectivity index (χ3n) is 1.18. The van der Waals surface area contributed by atoms with E-state index in [2.05, 4.69) is 10.2 Å². The third-order valence-corrected chi connectivity index (χ3v) is 1.18. The summed E-state index contributed by atoms with van der Waals surface area (Å²) in [4.78, 5) is 13.7. The maximum absolute atomic E-state index is 9.47. The van der Waals surface area contributed by atoms with Crippen molar-refractivity contribution in [3.8, 4) is 0 Å². The van der Waals surface area contributed by atoms with E-state index >= 15 is 0 Å². The molecule has 1 N–H and O–H groups in total. The zero-order valence-electron chi connectivity index (χ0n) is 4.69. The fourth-order valence-corrected chi connectivity index (χ4v) is 0.679. The molecule has 1 heterocycles. The Morgan fingerprint density at radius 2 is 2.44 bits per heavy atom. The minimum Gasteiger partial charge on any atom is -0.387 e. The van der Waals surface area contributed by atoms with Crippen molar-refractivity contribution in [3.63, 3.8) is 0 Å². The standard InChI is InChI=1S/C4H7NO4/c6-3-1-8-2-4(3)9-5-7/h3-4,6H,1-2H2. The Kier molecular flexibility index (Phi) is 1.96. The first-order valence-electron chi connectivity index (χ1n) is 2.59. The molecule has 5 heteroatoms. The van der Waals surface area contributed by atoms with Crippen molar-refractivity contribution in [1.82, 2.24) is 0 Å². The average molecular weight is 133 g/mol. The van der Waals surface area contributed by atoms with E-state index in [0.29, 0.717) is 0 Å². The van der Waals surface area contributed by atoms with Gasteiger partial charge in [-0.05, 0) is 0 Å². The first-order valence-corrected chi connectivity index (χ1v) is 2.59. The molecule has 9 heavy (non-hydrogen) atoms. The highest BCUT2D eigenvalue weighted by Gasteiger charge is 2.28. The Bertz CT molecular complexity index is 107. The maximum Gasteiger partial charge on any atom is 0.181 e. The van der Waals surface area contributed by atoms with Crippen LogP contribution >= 0.6 is 0 Å². The number of hydrogen-bond acceptors (Lipinski definition) is 5. The fourth-order valence-electron chi connectivity index (χ4n) is 0.679. The number of nitrogens with zero attached hydrogens (tertiary/aromatic N) is 1. The van der Waals surface area contributed by atoms with Gasteiger partial charge in [0.05, 0.1) is 13.2 Å². The summed E-state index contributed by atoms with van der Waals surface area (Å²) < 4.78 is 4.75. The van der Waals surface area contributed by atoms with E-state index in [1.54, 1.807) is 0 Å². The van der Waals surface area contributed by atoms with Gasteiger partial charge in [-0.15, -0.1) is 4.91 Å².